The molecule has 1 aromatic rings. The number of benzene rings is 1. The molecule has 1 aromatic carbocycles. The third-order valence-corrected chi connectivity index (χ3v) is 3.31. The summed E-state index contributed by atoms with van der Waals surface area (Å²) in [7, 11) is 1.72. The molecular weight excluding hydrogens is 262 g/mol. The third kappa shape index (κ3) is 2.94. The Morgan fingerprint density at radius 2 is 2.25 bits per heavy atom. The number of β-amino-alcohol motifs (C(OH)–C–C–N with tert-alkyl or cyclic N) is 1. The third-order valence-electron chi connectivity index (χ3n) is 3.31. The van der Waals surface area contributed by atoms with Crippen molar-refractivity contribution in [3.63, 3.8) is 0 Å². The number of nitro groups is 1. The monoisotopic (exact) mass is 279 g/mol. The molecule has 1 atom stereocenters. The smallest absolute Gasteiger partial charge is 0.269 e. The number of aliphatic hydroxyl groups excluding tert-OH is 1. The van der Waals surface area contributed by atoms with E-state index < -0.39 is 11.0 Å². The van der Waals surface area contributed by atoms with Crippen molar-refractivity contribution >= 4 is 17.3 Å². The van der Waals surface area contributed by atoms with E-state index >= 15 is 0 Å². The first kappa shape index (κ1) is 14.4. The highest BCUT2D eigenvalue weighted by Crippen LogP contribution is 2.31. The summed E-state index contributed by atoms with van der Waals surface area (Å²) in [5, 5.41) is 23.4. The second kappa shape index (κ2) is 5.98. The van der Waals surface area contributed by atoms with Crippen molar-refractivity contribution in [2.45, 2.75) is 18.9 Å². The summed E-state index contributed by atoms with van der Waals surface area (Å²) in [6.07, 6.45) is 0.125. The SMILES string of the molecule is CNCC(O)CN1C(=O)CCc2cc([N+](=O)[O-])ccc21. The van der Waals surface area contributed by atoms with Gasteiger partial charge in [-0.3, -0.25) is 14.9 Å². The second-order valence-electron chi connectivity index (χ2n) is 4.79. The Hall–Kier alpha value is -1.99. The van der Waals surface area contributed by atoms with Crippen LogP contribution in [0, 0.1) is 10.1 Å². The Bertz CT molecular complexity index is 532. The number of hydrogen-bond donors (Lipinski definition) is 2. The minimum absolute atomic E-state index is 0.0221. The highest BCUT2D eigenvalue weighted by Gasteiger charge is 2.27. The van der Waals surface area contributed by atoms with Crippen LogP contribution in [0.3, 0.4) is 0 Å². The van der Waals surface area contributed by atoms with Gasteiger partial charge in [-0.25, -0.2) is 0 Å². The van der Waals surface area contributed by atoms with Crippen molar-refractivity contribution in [1.82, 2.24) is 5.32 Å². The van der Waals surface area contributed by atoms with Gasteiger partial charge in [0.05, 0.1) is 17.6 Å². The van der Waals surface area contributed by atoms with Gasteiger partial charge in [0.1, 0.15) is 0 Å². The standard InChI is InChI=1S/C13H17N3O4/c1-14-7-11(17)8-15-12-4-3-10(16(19)20)6-9(12)2-5-13(15)18/h3-4,6,11,14,17H,2,5,7-8H2,1H3. The molecule has 0 fully saturated rings. The molecule has 0 aliphatic carbocycles. The van der Waals surface area contributed by atoms with Gasteiger partial charge in [-0.15, -0.1) is 0 Å². The number of aliphatic hydroxyl groups is 1. The molecule has 7 heteroatoms. The average molecular weight is 279 g/mol. The van der Waals surface area contributed by atoms with E-state index in [0.29, 0.717) is 25.1 Å². The summed E-state index contributed by atoms with van der Waals surface area (Å²) in [4.78, 5) is 23.8. The van der Waals surface area contributed by atoms with Gasteiger partial charge in [-0.05, 0) is 25.1 Å². The summed E-state index contributed by atoms with van der Waals surface area (Å²) in [6, 6.07) is 4.46. The van der Waals surface area contributed by atoms with Gasteiger partial charge in [0.25, 0.3) is 5.69 Å². The topological polar surface area (TPSA) is 95.7 Å². The molecule has 1 amide bonds. The maximum atomic E-state index is 12.0. The molecule has 0 aromatic heterocycles. The molecular formula is C13H17N3O4. The van der Waals surface area contributed by atoms with Crippen molar-refractivity contribution in [2.24, 2.45) is 0 Å². The Morgan fingerprint density at radius 1 is 1.50 bits per heavy atom. The maximum Gasteiger partial charge on any atom is 0.269 e. The summed E-state index contributed by atoms with van der Waals surface area (Å²) < 4.78 is 0. The summed E-state index contributed by atoms with van der Waals surface area (Å²) in [5.41, 5.74) is 1.45. The molecule has 7 nitrogen and oxygen atoms in total. The number of nitrogens with zero attached hydrogens (tertiary/aromatic N) is 2. The molecule has 1 unspecified atom stereocenters. The van der Waals surface area contributed by atoms with Crippen LogP contribution >= 0.6 is 0 Å². The van der Waals surface area contributed by atoms with Crippen molar-refractivity contribution in [3.8, 4) is 0 Å². The Balaban J connectivity index is 2.27. The zero-order chi connectivity index (χ0) is 14.7. The highest BCUT2D eigenvalue weighted by atomic mass is 16.6. The normalized spacial score (nSPS) is 15.9. The molecule has 0 saturated carbocycles. The number of rotatable bonds is 5. The van der Waals surface area contributed by atoms with Gasteiger partial charge in [-0.1, -0.05) is 0 Å². The molecule has 2 rings (SSSR count). The van der Waals surface area contributed by atoms with E-state index in [4.69, 9.17) is 0 Å². The van der Waals surface area contributed by atoms with Gasteiger partial charge in [-0.2, -0.15) is 0 Å². The molecule has 0 bridgehead atoms. The quantitative estimate of drug-likeness (QED) is 0.603. The number of carbonyl (C=O) groups is 1. The minimum atomic E-state index is -0.676. The first-order valence-corrected chi connectivity index (χ1v) is 6.43. The van der Waals surface area contributed by atoms with Crippen LogP contribution in [0.5, 0.6) is 0 Å². The number of amides is 1. The van der Waals surface area contributed by atoms with Crippen LogP contribution in [-0.4, -0.2) is 42.2 Å². The minimum Gasteiger partial charge on any atom is -0.390 e. The molecule has 0 saturated heterocycles. The molecule has 0 spiro atoms. The summed E-state index contributed by atoms with van der Waals surface area (Å²) >= 11 is 0. The van der Waals surface area contributed by atoms with Crippen LogP contribution in [-0.2, 0) is 11.2 Å². The van der Waals surface area contributed by atoms with E-state index in [0.717, 1.165) is 5.56 Å². The van der Waals surface area contributed by atoms with E-state index in [2.05, 4.69) is 5.32 Å². The number of hydrogen-bond acceptors (Lipinski definition) is 5. The van der Waals surface area contributed by atoms with Gasteiger partial charge < -0.3 is 15.3 Å². The second-order valence-corrected chi connectivity index (χ2v) is 4.79. The van der Waals surface area contributed by atoms with E-state index in [-0.39, 0.29) is 18.1 Å². The van der Waals surface area contributed by atoms with E-state index in [1.807, 2.05) is 0 Å². The number of carbonyl (C=O) groups excluding carboxylic acids is 1. The zero-order valence-electron chi connectivity index (χ0n) is 11.2. The Labute approximate surface area is 116 Å². The predicted octanol–water partition coefficient (Wildman–Crippen LogP) is 0.454. The fourth-order valence-corrected chi connectivity index (χ4v) is 2.37. The van der Waals surface area contributed by atoms with E-state index in [1.54, 1.807) is 13.1 Å². The van der Waals surface area contributed by atoms with Crippen LogP contribution in [0.15, 0.2) is 18.2 Å². The molecule has 2 N–H and O–H groups in total. The lowest BCUT2D eigenvalue weighted by atomic mass is 10.00. The van der Waals surface area contributed by atoms with E-state index in [9.17, 15) is 20.0 Å². The number of nitrogens with one attached hydrogen (secondary N) is 1. The summed E-state index contributed by atoms with van der Waals surface area (Å²) in [5.74, 6) is -0.0680. The molecule has 108 valence electrons. The van der Waals surface area contributed by atoms with Crippen molar-refractivity contribution < 1.29 is 14.8 Å². The molecule has 1 aliphatic heterocycles. The van der Waals surface area contributed by atoms with Crippen LogP contribution in [0.4, 0.5) is 11.4 Å². The van der Waals surface area contributed by atoms with Gasteiger partial charge in [0.2, 0.25) is 5.91 Å². The first-order valence-electron chi connectivity index (χ1n) is 6.43. The van der Waals surface area contributed by atoms with Crippen LogP contribution in [0.1, 0.15) is 12.0 Å². The van der Waals surface area contributed by atoms with Crippen LogP contribution < -0.4 is 10.2 Å². The van der Waals surface area contributed by atoms with Crippen molar-refractivity contribution in [1.29, 1.82) is 0 Å². The Kier molecular flexibility index (Phi) is 4.31. The number of fused-ring (bicyclic) bond motifs is 1. The van der Waals surface area contributed by atoms with Gasteiger partial charge >= 0.3 is 0 Å². The average Bonchev–Trinajstić information content (AvgIpc) is 2.41. The van der Waals surface area contributed by atoms with Crippen molar-refractivity contribution in [3.05, 3.63) is 33.9 Å². The lowest BCUT2D eigenvalue weighted by molar-refractivity contribution is -0.384. The van der Waals surface area contributed by atoms with Gasteiger partial charge in [0.15, 0.2) is 0 Å². The highest BCUT2D eigenvalue weighted by molar-refractivity contribution is 5.96. The molecule has 1 heterocycles. The number of aryl methyl sites for hydroxylation is 1. The van der Waals surface area contributed by atoms with Crippen LogP contribution in [0.25, 0.3) is 0 Å². The van der Waals surface area contributed by atoms with Crippen LogP contribution in [0.2, 0.25) is 0 Å². The molecule has 20 heavy (non-hydrogen) atoms. The Morgan fingerprint density at radius 3 is 2.90 bits per heavy atom. The number of non-ortho nitro benzene ring substituents is 1. The zero-order valence-corrected chi connectivity index (χ0v) is 11.2. The van der Waals surface area contributed by atoms with Gasteiger partial charge in [0, 0.05) is 30.8 Å². The van der Waals surface area contributed by atoms with E-state index in [1.165, 1.54) is 17.0 Å². The molecule has 0 radical (unpaired) electrons. The lowest BCUT2D eigenvalue weighted by Gasteiger charge is -2.30. The summed E-state index contributed by atoms with van der Waals surface area (Å²) in [6.45, 7) is 0.566. The maximum absolute atomic E-state index is 12.0. The first-order chi connectivity index (χ1) is 9.52. The largest absolute Gasteiger partial charge is 0.390 e. The number of likely N-dealkylation sites (N-methyl/N-ethyl adjacent to an activating group) is 1. The number of anilines is 1. The molecule has 1 aliphatic rings. The number of nitro benzene ring substituents is 1. The fourth-order valence-electron chi connectivity index (χ4n) is 2.37. The lowest BCUT2D eigenvalue weighted by Crippen LogP contribution is -2.43. The van der Waals surface area contributed by atoms with Crippen molar-refractivity contribution in [2.75, 3.05) is 25.0 Å². The fraction of sp³-hybridized carbons (Fsp3) is 0.462. The predicted molar refractivity (Wildman–Crippen MR) is 73.7 cm³/mol.